The molecule has 2 aromatic carbocycles. The quantitative estimate of drug-likeness (QED) is 0.166. The molecule has 26 heavy (non-hydrogen) atoms. The third kappa shape index (κ3) is 7.82. The molecule has 0 N–H and O–H groups in total. The SMILES string of the molecule is CC(I)CCOCc1ccccc1-c1ccccc1COCCC(C)I. The van der Waals surface area contributed by atoms with Crippen molar-refractivity contribution >= 4 is 45.2 Å². The van der Waals surface area contributed by atoms with Gasteiger partial charge in [-0.05, 0) is 35.1 Å². The number of hydrogen-bond acceptors (Lipinski definition) is 2. The molecule has 0 radical (unpaired) electrons. The summed E-state index contributed by atoms with van der Waals surface area (Å²) < 4.78 is 13.1. The van der Waals surface area contributed by atoms with Crippen molar-refractivity contribution in [1.29, 1.82) is 0 Å². The van der Waals surface area contributed by atoms with Gasteiger partial charge in [0.05, 0.1) is 13.2 Å². The molecule has 0 amide bonds. The largest absolute Gasteiger partial charge is 0.377 e. The molecule has 0 saturated heterocycles. The van der Waals surface area contributed by atoms with E-state index in [9.17, 15) is 0 Å². The third-order valence-corrected chi connectivity index (χ3v) is 5.41. The molecule has 2 atom stereocenters. The highest BCUT2D eigenvalue weighted by molar-refractivity contribution is 14.1. The van der Waals surface area contributed by atoms with Crippen molar-refractivity contribution in [2.45, 2.75) is 47.8 Å². The number of rotatable bonds is 11. The number of halogens is 2. The minimum atomic E-state index is 0.644. The maximum Gasteiger partial charge on any atom is 0.0722 e. The number of hydrogen-bond donors (Lipinski definition) is 0. The lowest BCUT2D eigenvalue weighted by Gasteiger charge is -2.15. The molecule has 2 aromatic rings. The topological polar surface area (TPSA) is 18.5 Å². The second kappa shape index (κ2) is 12.3. The first kappa shape index (κ1) is 22.1. The van der Waals surface area contributed by atoms with E-state index in [2.05, 4.69) is 108 Å². The Kier molecular flexibility index (Phi) is 10.5. The van der Waals surface area contributed by atoms with Crippen LogP contribution in [-0.4, -0.2) is 21.1 Å². The first-order valence-corrected chi connectivity index (χ1v) is 11.7. The van der Waals surface area contributed by atoms with Crippen molar-refractivity contribution in [2.24, 2.45) is 0 Å². The molecule has 142 valence electrons. The molecule has 2 nitrogen and oxygen atoms in total. The van der Waals surface area contributed by atoms with E-state index in [1.807, 2.05) is 0 Å². The summed E-state index contributed by atoms with van der Waals surface area (Å²) in [6, 6.07) is 17.1. The van der Waals surface area contributed by atoms with Crippen LogP contribution in [-0.2, 0) is 22.7 Å². The highest BCUT2D eigenvalue weighted by atomic mass is 127. The molecular weight excluding hydrogens is 550 g/mol. The monoisotopic (exact) mass is 578 g/mol. The Morgan fingerprint density at radius 3 is 1.46 bits per heavy atom. The van der Waals surface area contributed by atoms with E-state index in [0.717, 1.165) is 26.1 Å². The Balaban J connectivity index is 2.08. The van der Waals surface area contributed by atoms with Crippen LogP contribution in [0.3, 0.4) is 0 Å². The maximum atomic E-state index is 5.92. The Hall–Kier alpha value is -0.180. The Labute approximate surface area is 185 Å². The summed E-state index contributed by atoms with van der Waals surface area (Å²) in [6.07, 6.45) is 2.17. The van der Waals surface area contributed by atoms with Gasteiger partial charge in [0.1, 0.15) is 0 Å². The lowest BCUT2D eigenvalue weighted by molar-refractivity contribution is 0.119. The molecule has 0 fully saturated rings. The normalized spacial score (nSPS) is 13.5. The summed E-state index contributed by atoms with van der Waals surface area (Å²) in [4.78, 5) is 0. The number of ether oxygens (including phenoxy) is 2. The van der Waals surface area contributed by atoms with E-state index in [4.69, 9.17) is 9.47 Å². The van der Waals surface area contributed by atoms with Gasteiger partial charge >= 0.3 is 0 Å². The van der Waals surface area contributed by atoms with Crippen molar-refractivity contribution in [3.8, 4) is 11.1 Å². The molecule has 0 aliphatic carbocycles. The van der Waals surface area contributed by atoms with Gasteiger partial charge < -0.3 is 9.47 Å². The van der Waals surface area contributed by atoms with Crippen LogP contribution in [0.2, 0.25) is 0 Å². The van der Waals surface area contributed by atoms with Gasteiger partial charge in [0, 0.05) is 21.1 Å². The summed E-state index contributed by atoms with van der Waals surface area (Å²) in [5.74, 6) is 0. The molecule has 0 aliphatic heterocycles. The average molecular weight is 578 g/mol. The van der Waals surface area contributed by atoms with Crippen LogP contribution in [0.25, 0.3) is 11.1 Å². The molecule has 0 aliphatic rings. The van der Waals surface area contributed by atoms with E-state index in [0.29, 0.717) is 21.1 Å². The van der Waals surface area contributed by atoms with Crippen molar-refractivity contribution in [3.63, 3.8) is 0 Å². The molecule has 0 bridgehead atoms. The van der Waals surface area contributed by atoms with Gasteiger partial charge in [-0.25, -0.2) is 0 Å². The van der Waals surface area contributed by atoms with Crippen molar-refractivity contribution < 1.29 is 9.47 Å². The number of alkyl halides is 2. The molecule has 4 heteroatoms. The molecule has 0 aromatic heterocycles. The summed E-state index contributed by atoms with van der Waals surface area (Å²) in [7, 11) is 0. The fraction of sp³-hybridized carbons (Fsp3) is 0.455. The zero-order chi connectivity index (χ0) is 18.8. The Bertz CT molecular complexity index is 599. The molecule has 0 saturated carbocycles. The van der Waals surface area contributed by atoms with Crippen LogP contribution in [0.4, 0.5) is 0 Å². The molecule has 2 unspecified atom stereocenters. The fourth-order valence-corrected chi connectivity index (χ4v) is 3.18. The zero-order valence-corrected chi connectivity index (χ0v) is 19.9. The van der Waals surface area contributed by atoms with Crippen LogP contribution < -0.4 is 0 Å². The van der Waals surface area contributed by atoms with Crippen LogP contribution in [0, 0.1) is 0 Å². The molecule has 2 rings (SSSR count). The second-order valence-electron chi connectivity index (χ2n) is 6.56. The van der Waals surface area contributed by atoms with Gasteiger partial charge in [-0.1, -0.05) is 108 Å². The predicted octanol–water partition coefficient (Wildman–Crippen LogP) is 6.81. The molecule has 0 heterocycles. The van der Waals surface area contributed by atoms with Gasteiger partial charge in [-0.15, -0.1) is 0 Å². The first-order chi connectivity index (χ1) is 12.6. The summed E-state index contributed by atoms with van der Waals surface area (Å²) in [5.41, 5.74) is 4.97. The number of benzene rings is 2. The van der Waals surface area contributed by atoms with Gasteiger partial charge in [0.25, 0.3) is 0 Å². The van der Waals surface area contributed by atoms with E-state index in [1.54, 1.807) is 0 Å². The Morgan fingerprint density at radius 2 is 1.08 bits per heavy atom. The van der Waals surface area contributed by atoms with Crippen molar-refractivity contribution in [1.82, 2.24) is 0 Å². The predicted molar refractivity (Wildman–Crippen MR) is 127 cm³/mol. The van der Waals surface area contributed by atoms with Gasteiger partial charge in [-0.2, -0.15) is 0 Å². The minimum Gasteiger partial charge on any atom is -0.377 e. The zero-order valence-electron chi connectivity index (χ0n) is 15.6. The third-order valence-electron chi connectivity index (χ3n) is 4.16. The van der Waals surface area contributed by atoms with Gasteiger partial charge in [-0.3, -0.25) is 0 Å². The standard InChI is InChI=1S/C22H28I2O2/c1-17(23)11-13-25-15-19-7-3-5-9-21(19)22-10-6-4-8-20(22)16-26-14-12-18(2)24/h3-10,17-18H,11-16H2,1-2H3. The summed E-state index contributed by atoms with van der Waals surface area (Å²) in [5, 5.41) is 0. The van der Waals surface area contributed by atoms with E-state index < -0.39 is 0 Å². The van der Waals surface area contributed by atoms with Crippen LogP contribution >= 0.6 is 45.2 Å². The van der Waals surface area contributed by atoms with Crippen molar-refractivity contribution in [3.05, 3.63) is 59.7 Å². The van der Waals surface area contributed by atoms with E-state index in [1.165, 1.54) is 22.3 Å². The minimum absolute atomic E-state index is 0.644. The fourth-order valence-electron chi connectivity index (χ4n) is 2.67. The van der Waals surface area contributed by atoms with E-state index in [-0.39, 0.29) is 0 Å². The van der Waals surface area contributed by atoms with Crippen molar-refractivity contribution in [2.75, 3.05) is 13.2 Å². The second-order valence-corrected chi connectivity index (χ2v) is 10.8. The summed E-state index contributed by atoms with van der Waals surface area (Å²) in [6.45, 7) is 7.34. The van der Waals surface area contributed by atoms with Gasteiger partial charge in [0.2, 0.25) is 0 Å². The van der Waals surface area contributed by atoms with Crippen LogP contribution in [0.1, 0.15) is 37.8 Å². The van der Waals surface area contributed by atoms with E-state index >= 15 is 0 Å². The average Bonchev–Trinajstić information content (AvgIpc) is 2.63. The lowest BCUT2D eigenvalue weighted by atomic mass is 9.96. The lowest BCUT2D eigenvalue weighted by Crippen LogP contribution is -2.03. The summed E-state index contributed by atoms with van der Waals surface area (Å²) >= 11 is 4.89. The smallest absolute Gasteiger partial charge is 0.0722 e. The Morgan fingerprint density at radius 1 is 0.692 bits per heavy atom. The highest BCUT2D eigenvalue weighted by Gasteiger charge is 2.10. The first-order valence-electron chi connectivity index (χ1n) is 9.17. The molecular formula is C22H28I2O2. The van der Waals surface area contributed by atoms with Crippen LogP contribution in [0.15, 0.2) is 48.5 Å². The molecule has 0 spiro atoms. The highest BCUT2D eigenvalue weighted by Crippen LogP contribution is 2.28. The van der Waals surface area contributed by atoms with Gasteiger partial charge in [0.15, 0.2) is 0 Å². The van der Waals surface area contributed by atoms with Crippen LogP contribution in [0.5, 0.6) is 0 Å². The maximum absolute atomic E-state index is 5.92.